The molecule has 1 saturated heterocycles. The zero-order valence-electron chi connectivity index (χ0n) is 33.6. The van der Waals surface area contributed by atoms with Crippen molar-refractivity contribution in [2.24, 2.45) is 5.73 Å². The lowest BCUT2D eigenvalue weighted by atomic mass is 10.0. The van der Waals surface area contributed by atoms with Crippen LogP contribution in [0.3, 0.4) is 0 Å². The second-order valence-electron chi connectivity index (χ2n) is 14.3. The molecule has 1 fully saturated rings. The molecule has 65 heavy (non-hydrogen) atoms. The molecule has 0 bridgehead atoms. The minimum atomic E-state index is -4.66. The van der Waals surface area contributed by atoms with Crippen molar-refractivity contribution >= 4 is 53.1 Å². The Morgan fingerprint density at radius 1 is 0.938 bits per heavy atom. The first-order chi connectivity index (χ1) is 31.0. The van der Waals surface area contributed by atoms with E-state index in [4.69, 9.17) is 19.6 Å². The number of hydrogen-bond donors (Lipinski definition) is 5. The van der Waals surface area contributed by atoms with Gasteiger partial charge in [-0.2, -0.15) is 18.3 Å². The zero-order valence-corrected chi connectivity index (χ0v) is 33.6. The van der Waals surface area contributed by atoms with E-state index in [1.165, 1.54) is 40.6 Å². The third-order valence-corrected chi connectivity index (χ3v) is 9.73. The SMILES string of the molecule is NC(=O)c1nn(-c2ccc(C(=O)NCCOCCCc3ccc4c(c3)C(=O)N(C3CCC(=O)NC3=O)C4=O)cc2)cc1NC(=O)c1coc(-c2ccnc(OC(=O)NCC(F)(F)F)c2)n1. The fraction of sp³-hybridized carbons (Fsp3) is 0.244. The Labute approximate surface area is 363 Å². The first kappa shape index (κ1) is 44.8. The Kier molecular flexibility index (Phi) is 13.1. The zero-order chi connectivity index (χ0) is 46.4. The van der Waals surface area contributed by atoms with E-state index in [2.05, 4.69) is 31.0 Å². The van der Waals surface area contributed by atoms with Gasteiger partial charge in [-0.25, -0.2) is 19.4 Å². The van der Waals surface area contributed by atoms with E-state index in [9.17, 15) is 51.5 Å². The molecule has 336 valence electrons. The van der Waals surface area contributed by atoms with E-state index < -0.39 is 66.2 Å². The smallest absolute Gasteiger partial charge is 0.414 e. The molecule has 0 aliphatic carbocycles. The minimum Gasteiger partial charge on any atom is -0.444 e. The van der Waals surface area contributed by atoms with Crippen LogP contribution in [-0.4, -0.2) is 111 Å². The van der Waals surface area contributed by atoms with Crippen LogP contribution in [0.5, 0.6) is 5.88 Å². The molecule has 8 amide bonds. The summed E-state index contributed by atoms with van der Waals surface area (Å²) in [6.45, 7) is -0.894. The number of nitrogens with two attached hydrogens (primary N) is 1. The molecule has 5 aromatic rings. The van der Waals surface area contributed by atoms with E-state index >= 15 is 0 Å². The van der Waals surface area contributed by atoms with Crippen molar-refractivity contribution in [1.29, 1.82) is 0 Å². The predicted molar refractivity (Wildman–Crippen MR) is 214 cm³/mol. The van der Waals surface area contributed by atoms with E-state index in [1.54, 1.807) is 30.3 Å². The molecule has 2 aliphatic rings. The number of piperidine rings is 1. The van der Waals surface area contributed by atoms with E-state index in [-0.39, 0.29) is 71.5 Å². The first-order valence-electron chi connectivity index (χ1n) is 19.5. The lowest BCUT2D eigenvalue weighted by molar-refractivity contribution is -0.136. The van der Waals surface area contributed by atoms with Crippen molar-refractivity contribution in [3.05, 3.63) is 107 Å². The lowest BCUT2D eigenvalue weighted by Crippen LogP contribution is -2.54. The largest absolute Gasteiger partial charge is 0.444 e. The summed E-state index contributed by atoms with van der Waals surface area (Å²) in [5.41, 5.74) is 6.89. The Bertz CT molecular complexity index is 2720. The van der Waals surface area contributed by atoms with E-state index in [0.717, 1.165) is 22.8 Å². The maximum absolute atomic E-state index is 13.1. The molecular weight excluding hydrogens is 866 g/mol. The number of aryl methyl sites for hydroxylation is 1. The fourth-order valence-electron chi connectivity index (χ4n) is 6.64. The van der Waals surface area contributed by atoms with Crippen LogP contribution in [0, 0.1) is 0 Å². The summed E-state index contributed by atoms with van der Waals surface area (Å²) in [5, 5.41) is 13.1. The number of anilines is 1. The average molecular weight is 901 g/mol. The number of carbonyl (C=O) groups is 8. The normalized spacial score (nSPS) is 14.8. The van der Waals surface area contributed by atoms with Crippen molar-refractivity contribution in [2.75, 3.05) is 31.6 Å². The topological polar surface area (TPSA) is 289 Å². The highest BCUT2D eigenvalue weighted by atomic mass is 19.4. The molecule has 5 heterocycles. The quantitative estimate of drug-likeness (QED) is 0.0703. The number of imide groups is 2. The number of rotatable bonds is 16. The Morgan fingerprint density at radius 3 is 2.45 bits per heavy atom. The summed E-state index contributed by atoms with van der Waals surface area (Å²) in [4.78, 5) is 108. The number of fused-ring (bicyclic) bond motifs is 1. The van der Waals surface area contributed by atoms with Gasteiger partial charge in [0.1, 0.15) is 18.8 Å². The van der Waals surface area contributed by atoms with Crippen molar-refractivity contribution in [3.63, 3.8) is 0 Å². The summed E-state index contributed by atoms with van der Waals surface area (Å²) < 4.78 is 54.2. The number of hydrogen-bond acceptors (Lipinski definition) is 14. The number of halogens is 3. The standard InChI is InChI=1S/C41H35F3N10O11/c42-41(43,44)20-48-40(62)65-31-17-23(11-12-46-31)37-50-28(19-64-37)35(58)49-27-18-53(52-32(27)33(45)56)24-6-4-22(5-7-24)34(57)47-13-15-63-14-1-2-21-3-8-25-26(16-21)39(61)54(38(25)60)29-9-10-30(55)51-36(29)59/h3-8,11-12,16-19,29H,1-2,9-10,13-15,20H2,(H2,45,56)(H,47,57)(H,48,62)(H,49,58)(H,51,55,59). The van der Waals surface area contributed by atoms with Gasteiger partial charge in [-0.15, -0.1) is 0 Å². The predicted octanol–water partition coefficient (Wildman–Crippen LogP) is 2.70. The summed E-state index contributed by atoms with van der Waals surface area (Å²) in [5.74, 6) is -5.03. The van der Waals surface area contributed by atoms with E-state index in [1.807, 2.05) is 0 Å². The minimum absolute atomic E-state index is 0.0290. The fourth-order valence-corrected chi connectivity index (χ4v) is 6.64. The number of amides is 8. The molecule has 0 radical (unpaired) electrons. The lowest BCUT2D eigenvalue weighted by Gasteiger charge is -2.27. The molecule has 6 N–H and O–H groups in total. The van der Waals surface area contributed by atoms with Crippen molar-refractivity contribution in [3.8, 4) is 23.0 Å². The molecule has 21 nitrogen and oxygen atoms in total. The summed E-state index contributed by atoms with van der Waals surface area (Å²) >= 11 is 0. The van der Waals surface area contributed by atoms with Crippen LogP contribution in [0.2, 0.25) is 0 Å². The Hall–Kier alpha value is -8.28. The van der Waals surface area contributed by atoms with Crippen LogP contribution < -0.4 is 31.7 Å². The van der Waals surface area contributed by atoms with Gasteiger partial charge in [0.2, 0.25) is 23.6 Å². The number of nitrogens with zero attached hydrogens (tertiary/aromatic N) is 5. The van der Waals surface area contributed by atoms with Gasteiger partial charge in [0, 0.05) is 43.0 Å². The van der Waals surface area contributed by atoms with Gasteiger partial charge in [0.15, 0.2) is 11.4 Å². The summed E-state index contributed by atoms with van der Waals surface area (Å²) in [6.07, 6.45) is -1.41. The van der Waals surface area contributed by atoms with Gasteiger partial charge in [0.05, 0.1) is 35.3 Å². The van der Waals surface area contributed by atoms with Crippen LogP contribution in [0.4, 0.5) is 23.7 Å². The number of benzene rings is 2. The van der Waals surface area contributed by atoms with Gasteiger partial charge in [-0.05, 0) is 67.3 Å². The molecule has 0 spiro atoms. The number of carbonyl (C=O) groups excluding carboxylic acids is 8. The van der Waals surface area contributed by atoms with Gasteiger partial charge in [-0.3, -0.25) is 43.8 Å². The number of alkyl halides is 3. The van der Waals surface area contributed by atoms with Gasteiger partial charge < -0.3 is 35.6 Å². The monoisotopic (exact) mass is 900 g/mol. The number of aromatic nitrogens is 4. The van der Waals surface area contributed by atoms with Crippen LogP contribution in [0.25, 0.3) is 17.1 Å². The van der Waals surface area contributed by atoms with Crippen LogP contribution >= 0.6 is 0 Å². The van der Waals surface area contributed by atoms with Gasteiger partial charge >= 0.3 is 12.3 Å². The number of ether oxygens (including phenoxy) is 2. The van der Waals surface area contributed by atoms with Crippen molar-refractivity contribution in [1.82, 2.24) is 40.6 Å². The van der Waals surface area contributed by atoms with Crippen molar-refractivity contribution < 1.29 is 65.4 Å². The van der Waals surface area contributed by atoms with Gasteiger partial charge in [0.25, 0.3) is 29.5 Å². The molecule has 7 rings (SSSR count). The average Bonchev–Trinajstić information content (AvgIpc) is 4.00. The summed E-state index contributed by atoms with van der Waals surface area (Å²) in [7, 11) is 0. The van der Waals surface area contributed by atoms with Crippen LogP contribution in [0.15, 0.2) is 77.7 Å². The molecular formula is C41H35F3N10O11. The Morgan fingerprint density at radius 2 is 1.71 bits per heavy atom. The molecule has 1 atom stereocenters. The third kappa shape index (κ3) is 10.7. The first-order valence-corrected chi connectivity index (χ1v) is 19.5. The highest BCUT2D eigenvalue weighted by Crippen LogP contribution is 2.29. The van der Waals surface area contributed by atoms with Crippen molar-refractivity contribution in [2.45, 2.75) is 37.9 Å². The van der Waals surface area contributed by atoms with Gasteiger partial charge in [-0.1, -0.05) is 6.07 Å². The molecule has 3 aromatic heterocycles. The molecule has 1 unspecified atom stereocenters. The highest BCUT2D eigenvalue weighted by Gasteiger charge is 2.44. The molecule has 2 aromatic carbocycles. The van der Waals surface area contributed by atoms with Crippen LogP contribution in [-0.2, 0) is 20.7 Å². The maximum atomic E-state index is 13.1. The second-order valence-corrected chi connectivity index (χ2v) is 14.3. The molecule has 24 heteroatoms. The maximum Gasteiger partial charge on any atom is 0.414 e. The second kappa shape index (κ2) is 19.0. The number of pyridine rings is 1. The third-order valence-electron chi connectivity index (χ3n) is 9.73. The Balaban J connectivity index is 0.860. The van der Waals surface area contributed by atoms with Crippen LogP contribution in [0.1, 0.15) is 76.9 Å². The molecule has 0 saturated carbocycles. The number of nitrogens with one attached hydrogen (secondary N) is 4. The highest BCUT2D eigenvalue weighted by molar-refractivity contribution is 6.23. The van der Waals surface area contributed by atoms with E-state index in [0.29, 0.717) is 30.7 Å². The summed E-state index contributed by atoms with van der Waals surface area (Å²) in [6, 6.07) is 12.5. The molecule has 2 aliphatic heterocycles. The number of oxazole rings is 1. The number of primary amides is 1.